The molecule has 2 aromatic rings. The third kappa shape index (κ3) is 5.00. The van der Waals surface area contributed by atoms with E-state index in [0.717, 1.165) is 68.3 Å². The predicted octanol–water partition coefficient (Wildman–Crippen LogP) is 2.97. The Morgan fingerprint density at radius 1 is 0.929 bits per heavy atom. The topological polar surface area (TPSA) is 61.7 Å². The van der Waals surface area contributed by atoms with Gasteiger partial charge in [-0.25, -0.2) is 0 Å². The second kappa shape index (κ2) is 9.34. The van der Waals surface area contributed by atoms with E-state index in [1.165, 1.54) is 25.9 Å². The summed E-state index contributed by atoms with van der Waals surface area (Å²) in [7, 11) is 0. The summed E-state index contributed by atoms with van der Waals surface area (Å²) in [6.45, 7) is 6.05. The van der Waals surface area contributed by atoms with Crippen LogP contribution in [-0.4, -0.2) is 65.6 Å². The fraction of sp³-hybridized carbons (Fsp3) is 0.545. The van der Waals surface area contributed by atoms with Crippen LogP contribution in [-0.2, 0) is 0 Å². The van der Waals surface area contributed by atoms with Crippen molar-refractivity contribution in [2.75, 3.05) is 44.2 Å². The number of likely N-dealkylation sites (tertiary alicyclic amines) is 1. The zero-order valence-electron chi connectivity index (χ0n) is 16.5. The van der Waals surface area contributed by atoms with Crippen LogP contribution in [0.3, 0.4) is 0 Å². The molecule has 2 saturated heterocycles. The lowest BCUT2D eigenvalue weighted by Gasteiger charge is -2.30. The molecule has 6 nitrogen and oxygen atoms in total. The number of ether oxygens (including phenoxy) is 1. The number of aromatic nitrogens is 2. The number of aliphatic hydroxyl groups is 1. The summed E-state index contributed by atoms with van der Waals surface area (Å²) in [5, 5.41) is 18.4. The largest absolute Gasteiger partial charge is 0.494 e. The summed E-state index contributed by atoms with van der Waals surface area (Å²) >= 11 is 0. The van der Waals surface area contributed by atoms with Gasteiger partial charge in [0.1, 0.15) is 5.75 Å². The van der Waals surface area contributed by atoms with Crippen molar-refractivity contribution >= 4 is 5.82 Å². The highest BCUT2D eigenvalue weighted by Gasteiger charge is 2.18. The van der Waals surface area contributed by atoms with Crippen LogP contribution in [0.15, 0.2) is 36.4 Å². The van der Waals surface area contributed by atoms with Gasteiger partial charge in [0, 0.05) is 25.2 Å². The Morgan fingerprint density at radius 3 is 2.36 bits per heavy atom. The number of anilines is 1. The Hall–Kier alpha value is -2.18. The molecule has 2 aliphatic heterocycles. The quantitative estimate of drug-likeness (QED) is 0.743. The molecule has 2 fully saturated rings. The Labute approximate surface area is 167 Å². The first-order chi connectivity index (χ1) is 13.8. The van der Waals surface area contributed by atoms with E-state index in [4.69, 9.17) is 4.74 Å². The highest BCUT2D eigenvalue weighted by Crippen LogP contribution is 2.23. The van der Waals surface area contributed by atoms with Crippen molar-refractivity contribution in [3.8, 4) is 17.0 Å². The molecular formula is C22H30N4O2. The molecule has 0 unspecified atom stereocenters. The molecule has 0 spiro atoms. The second-order valence-corrected chi connectivity index (χ2v) is 7.77. The van der Waals surface area contributed by atoms with Crippen molar-refractivity contribution in [3.63, 3.8) is 0 Å². The molecule has 4 rings (SSSR count). The molecule has 0 atom stereocenters. The summed E-state index contributed by atoms with van der Waals surface area (Å²) in [5.41, 5.74) is 1.90. The first-order valence-electron chi connectivity index (χ1n) is 10.5. The van der Waals surface area contributed by atoms with E-state index in [0.29, 0.717) is 0 Å². The molecule has 2 aliphatic rings. The Morgan fingerprint density at radius 2 is 1.68 bits per heavy atom. The lowest BCUT2D eigenvalue weighted by atomic mass is 10.1. The lowest BCUT2D eigenvalue weighted by molar-refractivity contribution is 0.145. The maximum absolute atomic E-state index is 9.63. The second-order valence-electron chi connectivity index (χ2n) is 7.77. The van der Waals surface area contributed by atoms with Crippen LogP contribution in [0.2, 0.25) is 0 Å². The minimum Gasteiger partial charge on any atom is -0.494 e. The van der Waals surface area contributed by atoms with E-state index in [-0.39, 0.29) is 6.10 Å². The third-order valence-corrected chi connectivity index (χ3v) is 5.68. The van der Waals surface area contributed by atoms with E-state index in [2.05, 4.69) is 20.0 Å². The average Bonchev–Trinajstić information content (AvgIpc) is 3.26. The van der Waals surface area contributed by atoms with E-state index in [1.54, 1.807) is 0 Å². The van der Waals surface area contributed by atoms with Crippen molar-refractivity contribution < 1.29 is 9.84 Å². The summed E-state index contributed by atoms with van der Waals surface area (Å²) in [6, 6.07) is 12.1. The van der Waals surface area contributed by atoms with Crippen LogP contribution in [0.5, 0.6) is 5.75 Å². The minimum absolute atomic E-state index is 0.176. The van der Waals surface area contributed by atoms with Gasteiger partial charge in [0.05, 0.1) is 18.4 Å². The van der Waals surface area contributed by atoms with Gasteiger partial charge in [0.25, 0.3) is 0 Å². The van der Waals surface area contributed by atoms with Crippen LogP contribution in [0.1, 0.15) is 32.1 Å². The van der Waals surface area contributed by atoms with Gasteiger partial charge in [-0.05, 0) is 81.6 Å². The highest BCUT2D eigenvalue weighted by molar-refractivity contribution is 5.60. The molecule has 28 heavy (non-hydrogen) atoms. The smallest absolute Gasteiger partial charge is 0.151 e. The van der Waals surface area contributed by atoms with Gasteiger partial charge in [-0.2, -0.15) is 0 Å². The first-order valence-corrected chi connectivity index (χ1v) is 10.5. The Bertz CT molecular complexity index is 721. The van der Waals surface area contributed by atoms with E-state index in [1.807, 2.05) is 36.4 Å². The maximum atomic E-state index is 9.63. The lowest BCUT2D eigenvalue weighted by Crippen LogP contribution is -2.36. The maximum Gasteiger partial charge on any atom is 0.151 e. The standard InChI is InChI=1S/C22H30N4O2/c27-19-10-15-26(16-11-19)22-9-8-21(23-24-22)18-4-6-20(7-5-18)28-17-3-14-25-12-1-2-13-25/h4-9,19,27H,1-3,10-17H2. The van der Waals surface area contributed by atoms with E-state index >= 15 is 0 Å². The molecule has 1 N–H and O–H groups in total. The fourth-order valence-corrected chi connectivity index (χ4v) is 3.95. The van der Waals surface area contributed by atoms with Gasteiger partial charge in [-0.3, -0.25) is 0 Å². The van der Waals surface area contributed by atoms with Crippen molar-refractivity contribution in [2.24, 2.45) is 0 Å². The fourth-order valence-electron chi connectivity index (χ4n) is 3.95. The first kappa shape index (κ1) is 19.2. The molecule has 3 heterocycles. The molecule has 1 aromatic carbocycles. The molecule has 0 aliphatic carbocycles. The zero-order chi connectivity index (χ0) is 19.2. The van der Waals surface area contributed by atoms with Crippen molar-refractivity contribution in [1.82, 2.24) is 15.1 Å². The number of nitrogens with zero attached hydrogens (tertiary/aromatic N) is 4. The molecule has 0 saturated carbocycles. The summed E-state index contributed by atoms with van der Waals surface area (Å²) in [6.07, 6.45) is 5.17. The van der Waals surface area contributed by atoms with Crippen molar-refractivity contribution in [3.05, 3.63) is 36.4 Å². The Kier molecular flexibility index (Phi) is 6.39. The van der Waals surface area contributed by atoms with Crippen LogP contribution < -0.4 is 9.64 Å². The van der Waals surface area contributed by atoms with Gasteiger partial charge in [0.2, 0.25) is 0 Å². The number of piperidine rings is 1. The van der Waals surface area contributed by atoms with Crippen molar-refractivity contribution in [2.45, 2.75) is 38.2 Å². The third-order valence-electron chi connectivity index (χ3n) is 5.68. The summed E-state index contributed by atoms with van der Waals surface area (Å²) in [4.78, 5) is 4.70. The van der Waals surface area contributed by atoms with Crippen LogP contribution in [0.25, 0.3) is 11.3 Å². The normalized spacial score (nSPS) is 18.5. The van der Waals surface area contributed by atoms with Crippen LogP contribution in [0, 0.1) is 0 Å². The molecule has 150 valence electrons. The van der Waals surface area contributed by atoms with Gasteiger partial charge >= 0.3 is 0 Å². The predicted molar refractivity (Wildman–Crippen MR) is 111 cm³/mol. The Balaban J connectivity index is 1.27. The monoisotopic (exact) mass is 382 g/mol. The summed E-state index contributed by atoms with van der Waals surface area (Å²) < 4.78 is 5.87. The molecule has 1 aromatic heterocycles. The van der Waals surface area contributed by atoms with E-state index < -0.39 is 0 Å². The number of benzene rings is 1. The average molecular weight is 383 g/mol. The SMILES string of the molecule is OC1CCN(c2ccc(-c3ccc(OCCCN4CCCC4)cc3)nn2)CC1. The van der Waals surface area contributed by atoms with E-state index in [9.17, 15) is 5.11 Å². The van der Waals surface area contributed by atoms with Gasteiger partial charge in [-0.1, -0.05) is 0 Å². The summed E-state index contributed by atoms with van der Waals surface area (Å²) in [5.74, 6) is 1.79. The highest BCUT2D eigenvalue weighted by atomic mass is 16.5. The van der Waals surface area contributed by atoms with Gasteiger partial charge in [0.15, 0.2) is 5.82 Å². The van der Waals surface area contributed by atoms with Crippen LogP contribution >= 0.6 is 0 Å². The van der Waals surface area contributed by atoms with Crippen molar-refractivity contribution in [1.29, 1.82) is 0 Å². The minimum atomic E-state index is -0.176. The number of hydrogen-bond acceptors (Lipinski definition) is 6. The number of aliphatic hydroxyl groups excluding tert-OH is 1. The zero-order valence-corrected chi connectivity index (χ0v) is 16.5. The molecule has 6 heteroatoms. The number of hydrogen-bond donors (Lipinski definition) is 1. The number of rotatable bonds is 7. The molecular weight excluding hydrogens is 352 g/mol. The molecule has 0 amide bonds. The van der Waals surface area contributed by atoms with Gasteiger partial charge < -0.3 is 19.6 Å². The van der Waals surface area contributed by atoms with Gasteiger partial charge in [-0.15, -0.1) is 10.2 Å². The molecule has 0 radical (unpaired) electrons. The molecule has 0 bridgehead atoms. The van der Waals surface area contributed by atoms with Crippen LogP contribution in [0.4, 0.5) is 5.82 Å².